The minimum atomic E-state index is -1.04. The molecule has 0 heterocycles. The van der Waals surface area contributed by atoms with E-state index in [0.29, 0.717) is 0 Å². The normalized spacial score (nSPS) is 12.0. The average molecular weight is 441 g/mol. The van der Waals surface area contributed by atoms with Gasteiger partial charge in [-0.15, -0.1) is 0 Å². The largest absolute Gasteiger partial charge is 0.165 e. The summed E-state index contributed by atoms with van der Waals surface area (Å²) in [5.74, 6) is 8.32. The Labute approximate surface area is 178 Å². The van der Waals surface area contributed by atoms with E-state index in [-0.39, 0.29) is 0 Å². The quantitative estimate of drug-likeness (QED) is 0.139. The molecule has 25 heavy (non-hydrogen) atoms. The summed E-state index contributed by atoms with van der Waals surface area (Å²) in [6.07, 6.45) is 13.2. The summed E-state index contributed by atoms with van der Waals surface area (Å²) in [6, 6.07) is 6.45. The molecule has 0 radical (unpaired) electrons. The van der Waals surface area contributed by atoms with Crippen molar-refractivity contribution in [3.05, 3.63) is 0 Å². The van der Waals surface area contributed by atoms with Crippen LogP contribution >= 0.6 is 47.0 Å². The van der Waals surface area contributed by atoms with Gasteiger partial charge in [0.05, 0.1) is 8.07 Å². The summed E-state index contributed by atoms with van der Waals surface area (Å²) < 4.78 is 0. The van der Waals surface area contributed by atoms with Crippen molar-refractivity contribution < 1.29 is 0 Å². The SMILES string of the molecule is CCCSCCC[Si](CCCSC)(CCCSC)CCCSCCC. The van der Waals surface area contributed by atoms with Crippen LogP contribution in [0.15, 0.2) is 0 Å². The van der Waals surface area contributed by atoms with E-state index in [1.165, 1.54) is 73.0 Å². The highest BCUT2D eigenvalue weighted by Gasteiger charge is 2.30. The lowest BCUT2D eigenvalue weighted by atomic mass is 10.5. The summed E-state index contributed by atoms with van der Waals surface area (Å²) in [6.45, 7) is 4.62. The van der Waals surface area contributed by atoms with Crippen molar-refractivity contribution in [3.8, 4) is 0 Å². The van der Waals surface area contributed by atoms with Crippen molar-refractivity contribution >= 4 is 55.1 Å². The second-order valence-corrected chi connectivity index (χ2v) is 16.5. The standard InChI is InChI=1S/C20H44S4Si/c1-5-11-23-15-9-19-25(17-7-13-21-3,18-8-14-22-4)20-10-16-24-12-6-2/h5-20H2,1-4H3. The molecule has 0 aliphatic carbocycles. The highest BCUT2D eigenvalue weighted by molar-refractivity contribution is 7.99. The van der Waals surface area contributed by atoms with E-state index in [4.69, 9.17) is 0 Å². The fourth-order valence-corrected chi connectivity index (χ4v) is 12.3. The molecule has 0 aliphatic rings. The minimum absolute atomic E-state index is 1.04. The Morgan fingerprint density at radius 3 is 1.20 bits per heavy atom. The van der Waals surface area contributed by atoms with Crippen molar-refractivity contribution in [2.75, 3.05) is 47.0 Å². The zero-order valence-corrected chi connectivity index (χ0v) is 21.7. The van der Waals surface area contributed by atoms with Gasteiger partial charge in [0, 0.05) is 0 Å². The van der Waals surface area contributed by atoms with Gasteiger partial charge >= 0.3 is 0 Å². The van der Waals surface area contributed by atoms with Crippen LogP contribution in [-0.2, 0) is 0 Å². The van der Waals surface area contributed by atoms with E-state index in [1.54, 1.807) is 24.2 Å². The molecule has 0 nitrogen and oxygen atoms in total. The lowest BCUT2D eigenvalue weighted by Crippen LogP contribution is -2.34. The first-order valence-electron chi connectivity index (χ1n) is 10.4. The molecule has 0 aromatic heterocycles. The van der Waals surface area contributed by atoms with E-state index < -0.39 is 8.07 Å². The van der Waals surface area contributed by atoms with Crippen LogP contribution in [0, 0.1) is 0 Å². The lowest BCUT2D eigenvalue weighted by molar-refractivity contribution is 0.892. The second kappa shape index (κ2) is 20.4. The van der Waals surface area contributed by atoms with Gasteiger partial charge in [-0.1, -0.05) is 38.0 Å². The maximum atomic E-state index is 2.31. The van der Waals surface area contributed by atoms with Crippen LogP contribution in [0.1, 0.15) is 52.4 Å². The van der Waals surface area contributed by atoms with Gasteiger partial charge in [0.2, 0.25) is 0 Å². The van der Waals surface area contributed by atoms with Crippen LogP contribution in [0.25, 0.3) is 0 Å². The molecule has 0 unspecified atom stereocenters. The molecular weight excluding hydrogens is 397 g/mol. The Kier molecular flexibility index (Phi) is 21.7. The molecule has 0 N–H and O–H groups in total. The molecule has 0 saturated carbocycles. The van der Waals surface area contributed by atoms with Gasteiger partial charge in [0.15, 0.2) is 0 Å². The van der Waals surface area contributed by atoms with Crippen LogP contribution in [0.4, 0.5) is 0 Å². The maximum absolute atomic E-state index is 2.31. The van der Waals surface area contributed by atoms with Crippen molar-refractivity contribution in [2.24, 2.45) is 0 Å². The summed E-state index contributed by atoms with van der Waals surface area (Å²) >= 11 is 8.49. The van der Waals surface area contributed by atoms with Gasteiger partial charge in [-0.3, -0.25) is 0 Å². The zero-order valence-electron chi connectivity index (χ0n) is 17.4. The average Bonchev–Trinajstić information content (AvgIpc) is 2.62. The highest BCUT2D eigenvalue weighted by atomic mass is 32.2. The van der Waals surface area contributed by atoms with E-state index in [2.05, 4.69) is 73.4 Å². The predicted molar refractivity (Wildman–Crippen MR) is 135 cm³/mol. The van der Waals surface area contributed by atoms with Crippen molar-refractivity contribution in [2.45, 2.75) is 76.5 Å². The molecule has 0 aromatic rings. The van der Waals surface area contributed by atoms with E-state index in [0.717, 1.165) is 0 Å². The Bertz CT molecular complexity index is 238. The first kappa shape index (κ1) is 26.6. The maximum Gasteiger partial charge on any atom is 0.0537 e. The summed E-state index contributed by atoms with van der Waals surface area (Å²) in [5.41, 5.74) is 0. The van der Waals surface area contributed by atoms with Gasteiger partial charge < -0.3 is 0 Å². The Morgan fingerprint density at radius 2 is 0.880 bits per heavy atom. The number of rotatable bonds is 20. The number of thioether (sulfide) groups is 4. The topological polar surface area (TPSA) is 0 Å². The third kappa shape index (κ3) is 16.3. The molecule has 5 heteroatoms. The molecule has 0 fully saturated rings. The van der Waals surface area contributed by atoms with Crippen LogP contribution in [0.3, 0.4) is 0 Å². The molecule has 152 valence electrons. The van der Waals surface area contributed by atoms with Crippen LogP contribution in [0.5, 0.6) is 0 Å². The van der Waals surface area contributed by atoms with Gasteiger partial charge in [0.1, 0.15) is 0 Å². The fraction of sp³-hybridized carbons (Fsp3) is 1.00. The molecule has 0 bridgehead atoms. The van der Waals surface area contributed by atoms with Gasteiger partial charge in [-0.2, -0.15) is 47.0 Å². The van der Waals surface area contributed by atoms with Crippen LogP contribution in [0.2, 0.25) is 24.2 Å². The lowest BCUT2D eigenvalue weighted by Gasteiger charge is -2.32. The molecule has 0 aliphatic heterocycles. The summed E-state index contributed by atoms with van der Waals surface area (Å²) in [7, 11) is -1.04. The Balaban J connectivity index is 4.55. The van der Waals surface area contributed by atoms with Crippen LogP contribution in [-0.4, -0.2) is 55.1 Å². The molecule has 0 rings (SSSR count). The van der Waals surface area contributed by atoms with Gasteiger partial charge in [-0.25, -0.2) is 0 Å². The molecule has 0 amide bonds. The molecular formula is C20H44S4Si. The fourth-order valence-electron chi connectivity index (χ4n) is 3.52. The Morgan fingerprint density at radius 1 is 0.520 bits per heavy atom. The molecule has 0 spiro atoms. The third-order valence-corrected chi connectivity index (χ3v) is 14.4. The predicted octanol–water partition coefficient (Wildman–Crippen LogP) is 8.01. The van der Waals surface area contributed by atoms with E-state index in [9.17, 15) is 0 Å². The minimum Gasteiger partial charge on any atom is -0.165 e. The number of hydrogen-bond donors (Lipinski definition) is 0. The van der Waals surface area contributed by atoms with Crippen LogP contribution < -0.4 is 0 Å². The first-order chi connectivity index (χ1) is 12.2. The van der Waals surface area contributed by atoms with Crippen molar-refractivity contribution in [3.63, 3.8) is 0 Å². The molecule has 0 atom stereocenters. The highest BCUT2D eigenvalue weighted by Crippen LogP contribution is 2.33. The monoisotopic (exact) mass is 440 g/mol. The summed E-state index contributed by atoms with van der Waals surface area (Å²) in [4.78, 5) is 0. The van der Waals surface area contributed by atoms with E-state index >= 15 is 0 Å². The third-order valence-electron chi connectivity index (χ3n) is 4.80. The zero-order chi connectivity index (χ0) is 18.6. The van der Waals surface area contributed by atoms with Gasteiger partial charge in [-0.05, 0) is 85.6 Å². The van der Waals surface area contributed by atoms with Gasteiger partial charge in [0.25, 0.3) is 0 Å². The molecule has 0 aromatic carbocycles. The Hall–Kier alpha value is 1.62. The molecule has 0 saturated heterocycles. The van der Waals surface area contributed by atoms with Crippen molar-refractivity contribution in [1.29, 1.82) is 0 Å². The second-order valence-electron chi connectivity index (χ2n) is 7.12. The van der Waals surface area contributed by atoms with Crippen molar-refractivity contribution in [1.82, 2.24) is 0 Å². The summed E-state index contributed by atoms with van der Waals surface area (Å²) in [5, 5.41) is 0. The number of hydrogen-bond acceptors (Lipinski definition) is 4. The smallest absolute Gasteiger partial charge is 0.0537 e. The van der Waals surface area contributed by atoms with E-state index in [1.807, 2.05) is 0 Å². The first-order valence-corrected chi connectivity index (χ1v) is 18.3.